The molecule has 2 rings (SSSR count). The van der Waals surface area contributed by atoms with E-state index in [0.717, 1.165) is 5.56 Å². The summed E-state index contributed by atoms with van der Waals surface area (Å²) >= 11 is 5.98. The third kappa shape index (κ3) is 4.70. The van der Waals surface area contributed by atoms with Crippen LogP contribution in [0.4, 0.5) is 0 Å². The molecule has 0 aromatic heterocycles. The molecule has 0 radical (unpaired) electrons. The normalized spacial score (nSPS) is 13.6. The van der Waals surface area contributed by atoms with Gasteiger partial charge in [0.1, 0.15) is 5.78 Å². The fourth-order valence-electron chi connectivity index (χ4n) is 2.21. The van der Waals surface area contributed by atoms with Gasteiger partial charge < -0.3 is 9.05 Å². The summed E-state index contributed by atoms with van der Waals surface area (Å²) in [6.45, 7) is 1.85. The van der Waals surface area contributed by atoms with E-state index in [0.29, 0.717) is 10.6 Å². The van der Waals surface area contributed by atoms with Gasteiger partial charge in [0.15, 0.2) is 0 Å². The predicted octanol–water partition coefficient (Wildman–Crippen LogP) is 4.11. The Hall–Kier alpha value is -1.21. The molecule has 0 heterocycles. The number of hydrogen-bond acceptors (Lipinski definition) is 5. The highest BCUT2D eigenvalue weighted by Crippen LogP contribution is 2.59. The highest BCUT2D eigenvalue weighted by molar-refractivity contribution is 7.89. The Morgan fingerprint density at radius 3 is 2.20 bits per heavy atom. The molecule has 0 saturated heterocycles. The van der Waals surface area contributed by atoms with Crippen LogP contribution in [0.5, 0.6) is 0 Å². The minimum absolute atomic E-state index is 0.0453. The first-order valence-corrected chi connectivity index (χ1v) is 10.7. The summed E-state index contributed by atoms with van der Waals surface area (Å²) in [5.74, 6) is -1.24. The highest BCUT2D eigenvalue weighted by Gasteiger charge is 2.39. The lowest BCUT2D eigenvalue weighted by molar-refractivity contribution is 0.263. The van der Waals surface area contributed by atoms with Crippen LogP contribution in [0.15, 0.2) is 53.4 Å². The molecule has 1 unspecified atom stereocenters. The molecule has 0 aliphatic carbocycles. The van der Waals surface area contributed by atoms with Crippen molar-refractivity contribution in [1.29, 1.82) is 0 Å². The van der Waals surface area contributed by atoms with Gasteiger partial charge in [0.25, 0.3) is 0 Å². The van der Waals surface area contributed by atoms with Gasteiger partial charge in [0.05, 0.1) is 4.90 Å². The van der Waals surface area contributed by atoms with Crippen molar-refractivity contribution in [3.8, 4) is 0 Å². The van der Waals surface area contributed by atoms with E-state index in [9.17, 15) is 13.0 Å². The average Bonchev–Trinajstić information content (AvgIpc) is 2.59. The standard InChI is InChI=1S/C16H19ClNO5PS/c1-12-7-9-15(10-8-12)25(20,21)18-16(24(19,22-2)23-3)13-5-4-6-14(17)11-13/h4-11,16,18H,1-3H3. The number of hydrogen-bond donors (Lipinski definition) is 1. The lowest BCUT2D eigenvalue weighted by atomic mass is 10.2. The zero-order valence-electron chi connectivity index (χ0n) is 14.0. The molecule has 6 nitrogen and oxygen atoms in total. The number of sulfonamides is 1. The summed E-state index contributed by atoms with van der Waals surface area (Å²) in [5.41, 5.74) is 1.29. The summed E-state index contributed by atoms with van der Waals surface area (Å²) in [6.07, 6.45) is 0. The number of rotatable bonds is 7. The Kier molecular flexibility index (Phi) is 6.43. The molecule has 25 heavy (non-hydrogen) atoms. The second-order valence-electron chi connectivity index (χ2n) is 5.30. The third-order valence-electron chi connectivity index (χ3n) is 3.59. The van der Waals surface area contributed by atoms with Crippen molar-refractivity contribution in [1.82, 2.24) is 4.72 Å². The minimum Gasteiger partial charge on any atom is -0.311 e. The molecule has 0 spiro atoms. The monoisotopic (exact) mass is 403 g/mol. The minimum atomic E-state index is -3.97. The summed E-state index contributed by atoms with van der Waals surface area (Å²) < 4.78 is 50.8. The van der Waals surface area contributed by atoms with Crippen LogP contribution in [0.1, 0.15) is 16.9 Å². The summed E-state index contributed by atoms with van der Waals surface area (Å²) in [6, 6.07) is 12.6. The van der Waals surface area contributed by atoms with Crippen LogP contribution in [0.2, 0.25) is 5.02 Å². The topological polar surface area (TPSA) is 81.7 Å². The molecule has 2 aromatic rings. The molecule has 0 bridgehead atoms. The average molecular weight is 404 g/mol. The third-order valence-corrected chi connectivity index (χ3v) is 7.51. The fourth-order valence-corrected chi connectivity index (χ4v) is 5.50. The van der Waals surface area contributed by atoms with Crippen molar-refractivity contribution in [3.63, 3.8) is 0 Å². The molecular weight excluding hydrogens is 385 g/mol. The molecule has 0 aliphatic rings. The van der Waals surface area contributed by atoms with Gasteiger partial charge >= 0.3 is 7.60 Å². The van der Waals surface area contributed by atoms with Gasteiger partial charge in [-0.1, -0.05) is 41.4 Å². The second-order valence-corrected chi connectivity index (χ2v) is 9.77. The van der Waals surface area contributed by atoms with Gasteiger partial charge in [-0.2, -0.15) is 4.72 Å². The lowest BCUT2D eigenvalue weighted by Gasteiger charge is -2.25. The van der Waals surface area contributed by atoms with Crippen LogP contribution in [0, 0.1) is 6.92 Å². The largest absolute Gasteiger partial charge is 0.352 e. The summed E-state index contributed by atoms with van der Waals surface area (Å²) in [5, 5.41) is 0.371. The quantitative estimate of drug-likeness (QED) is 0.703. The van der Waals surface area contributed by atoms with E-state index in [2.05, 4.69) is 4.72 Å². The molecule has 1 atom stereocenters. The van der Waals surface area contributed by atoms with Gasteiger partial charge in [0, 0.05) is 19.2 Å². The second kappa shape index (κ2) is 7.99. The van der Waals surface area contributed by atoms with E-state index in [4.69, 9.17) is 20.6 Å². The van der Waals surface area contributed by atoms with Crippen molar-refractivity contribution in [2.24, 2.45) is 0 Å². The number of aryl methyl sites for hydroxylation is 1. The van der Waals surface area contributed by atoms with E-state index >= 15 is 0 Å². The molecule has 136 valence electrons. The lowest BCUT2D eigenvalue weighted by Crippen LogP contribution is -2.29. The van der Waals surface area contributed by atoms with Crippen LogP contribution < -0.4 is 4.72 Å². The molecular formula is C16H19ClNO5PS. The van der Waals surface area contributed by atoms with E-state index in [1.165, 1.54) is 32.4 Å². The first-order valence-electron chi connectivity index (χ1n) is 7.27. The van der Waals surface area contributed by atoms with Crippen LogP contribution in [0.3, 0.4) is 0 Å². The maximum absolute atomic E-state index is 12.9. The van der Waals surface area contributed by atoms with Gasteiger partial charge in [-0.25, -0.2) is 8.42 Å². The highest BCUT2D eigenvalue weighted by atomic mass is 35.5. The Labute approximate surface area is 152 Å². The van der Waals surface area contributed by atoms with Crippen LogP contribution in [-0.4, -0.2) is 22.6 Å². The maximum atomic E-state index is 12.9. The van der Waals surface area contributed by atoms with Gasteiger partial charge in [-0.15, -0.1) is 0 Å². The zero-order chi connectivity index (χ0) is 18.7. The summed E-state index contributed by atoms with van der Waals surface area (Å²) in [4.78, 5) is 0.0453. The molecule has 0 saturated carbocycles. The van der Waals surface area contributed by atoms with Gasteiger partial charge in [-0.3, -0.25) is 4.57 Å². The molecule has 0 fully saturated rings. The van der Waals surface area contributed by atoms with Crippen LogP contribution in [0.25, 0.3) is 0 Å². The van der Waals surface area contributed by atoms with Crippen LogP contribution in [-0.2, 0) is 23.6 Å². The molecule has 0 amide bonds. The van der Waals surface area contributed by atoms with E-state index in [1.54, 1.807) is 30.3 Å². The Morgan fingerprint density at radius 1 is 1.08 bits per heavy atom. The smallest absolute Gasteiger partial charge is 0.311 e. The van der Waals surface area contributed by atoms with Gasteiger partial charge in [0.2, 0.25) is 10.0 Å². The molecule has 0 aliphatic heterocycles. The maximum Gasteiger partial charge on any atom is 0.352 e. The Morgan fingerprint density at radius 2 is 1.68 bits per heavy atom. The number of benzene rings is 2. The van der Waals surface area contributed by atoms with Crippen molar-refractivity contribution < 1.29 is 22.0 Å². The summed E-state index contributed by atoms with van der Waals surface area (Å²) in [7, 11) is -5.38. The fraction of sp³-hybridized carbons (Fsp3) is 0.250. The van der Waals surface area contributed by atoms with Crippen LogP contribution >= 0.6 is 19.2 Å². The number of nitrogens with one attached hydrogen (secondary N) is 1. The number of halogens is 1. The van der Waals surface area contributed by atoms with Crippen molar-refractivity contribution in [2.75, 3.05) is 14.2 Å². The molecule has 2 aromatic carbocycles. The molecule has 9 heteroatoms. The Balaban J connectivity index is 2.49. The van der Waals surface area contributed by atoms with Gasteiger partial charge in [-0.05, 0) is 36.8 Å². The van der Waals surface area contributed by atoms with Crippen molar-refractivity contribution in [2.45, 2.75) is 17.6 Å². The van der Waals surface area contributed by atoms with E-state index in [1.807, 2.05) is 6.92 Å². The Bertz CT molecular complexity index is 878. The zero-order valence-corrected chi connectivity index (χ0v) is 16.4. The first kappa shape index (κ1) is 20.1. The van der Waals surface area contributed by atoms with Crippen molar-refractivity contribution in [3.05, 3.63) is 64.7 Å². The molecule has 1 N–H and O–H groups in total. The van der Waals surface area contributed by atoms with Crippen molar-refractivity contribution >= 4 is 29.2 Å². The first-order chi connectivity index (χ1) is 11.7. The van der Waals surface area contributed by atoms with E-state index in [-0.39, 0.29) is 4.90 Å². The van der Waals surface area contributed by atoms with E-state index < -0.39 is 23.4 Å². The SMILES string of the molecule is COP(=O)(OC)C(NS(=O)(=O)c1ccc(C)cc1)c1cccc(Cl)c1. The predicted molar refractivity (Wildman–Crippen MR) is 97.3 cm³/mol.